The molecule has 0 saturated carbocycles. The van der Waals surface area contributed by atoms with Gasteiger partial charge in [-0.3, -0.25) is 14.2 Å². The Bertz CT molecular complexity index is 1370. The summed E-state index contributed by atoms with van der Waals surface area (Å²) in [5.41, 5.74) is 3.19. The van der Waals surface area contributed by atoms with E-state index in [-0.39, 0.29) is 23.8 Å². The Morgan fingerprint density at radius 2 is 1.76 bits per heavy atom. The molecule has 1 amide bonds. The summed E-state index contributed by atoms with van der Waals surface area (Å²) in [6.07, 6.45) is 1.46. The lowest BCUT2D eigenvalue weighted by atomic mass is 10.1. The Hall–Kier alpha value is -3.72. The minimum Gasteiger partial charge on any atom is -0.497 e. The van der Waals surface area contributed by atoms with Crippen LogP contribution in [0.3, 0.4) is 0 Å². The number of carbonyl (C=O) groups is 1. The molecule has 1 fully saturated rings. The molecule has 0 radical (unpaired) electrons. The summed E-state index contributed by atoms with van der Waals surface area (Å²) >= 11 is 1.34. The topological polar surface area (TPSA) is 67.7 Å². The molecule has 0 bridgehead atoms. The van der Waals surface area contributed by atoms with Crippen molar-refractivity contribution in [1.29, 1.82) is 0 Å². The van der Waals surface area contributed by atoms with Gasteiger partial charge in [0.25, 0.3) is 5.56 Å². The monoisotopic (exact) mass is 478 g/mol. The Balaban J connectivity index is 1.28. The number of hydrogen-bond acceptors (Lipinski definition) is 6. The van der Waals surface area contributed by atoms with Crippen LogP contribution in [0, 0.1) is 5.82 Å². The SMILES string of the molecule is COc1ccc(-c2csc3c(=O)n(CC(=O)N4CCN(c5ccc(F)cc5)CC4)cnc23)cc1. The number of nitrogens with zero attached hydrogens (tertiary/aromatic N) is 4. The van der Waals surface area contributed by atoms with Gasteiger partial charge in [0.05, 0.1) is 19.0 Å². The summed E-state index contributed by atoms with van der Waals surface area (Å²) < 4.78 is 20.3. The van der Waals surface area contributed by atoms with Crippen LogP contribution in [0.4, 0.5) is 10.1 Å². The third-order valence-electron chi connectivity index (χ3n) is 6.08. The lowest BCUT2D eigenvalue weighted by molar-refractivity contribution is -0.132. The Kier molecular flexibility index (Phi) is 6.02. The van der Waals surface area contributed by atoms with Crippen molar-refractivity contribution < 1.29 is 13.9 Å². The molecule has 9 heteroatoms. The minimum atomic E-state index is -0.268. The van der Waals surface area contributed by atoms with Gasteiger partial charge in [0, 0.05) is 42.8 Å². The minimum absolute atomic E-state index is 0.0475. The largest absolute Gasteiger partial charge is 0.497 e. The van der Waals surface area contributed by atoms with E-state index >= 15 is 0 Å². The molecule has 1 aliphatic heterocycles. The number of hydrogen-bond donors (Lipinski definition) is 0. The number of aromatic nitrogens is 2. The quantitative estimate of drug-likeness (QED) is 0.438. The van der Waals surface area contributed by atoms with Gasteiger partial charge in [-0.2, -0.15) is 0 Å². The van der Waals surface area contributed by atoms with E-state index in [2.05, 4.69) is 9.88 Å². The zero-order chi connectivity index (χ0) is 23.7. The summed E-state index contributed by atoms with van der Waals surface area (Å²) in [6, 6.07) is 14.0. The van der Waals surface area contributed by atoms with Gasteiger partial charge in [0.2, 0.25) is 5.91 Å². The predicted molar refractivity (Wildman–Crippen MR) is 131 cm³/mol. The Labute approximate surface area is 199 Å². The van der Waals surface area contributed by atoms with Gasteiger partial charge in [-0.15, -0.1) is 11.3 Å². The van der Waals surface area contributed by atoms with Crippen LogP contribution in [0.5, 0.6) is 5.75 Å². The number of fused-ring (bicyclic) bond motifs is 1. The van der Waals surface area contributed by atoms with Crippen molar-refractivity contribution in [3.63, 3.8) is 0 Å². The van der Waals surface area contributed by atoms with Gasteiger partial charge < -0.3 is 14.5 Å². The van der Waals surface area contributed by atoms with Crippen LogP contribution >= 0.6 is 11.3 Å². The van der Waals surface area contributed by atoms with Crippen molar-refractivity contribution in [3.8, 4) is 16.9 Å². The zero-order valence-electron chi connectivity index (χ0n) is 18.6. The van der Waals surface area contributed by atoms with Crippen molar-refractivity contribution in [2.75, 3.05) is 38.2 Å². The normalized spacial score (nSPS) is 13.9. The van der Waals surface area contributed by atoms with E-state index in [0.29, 0.717) is 36.4 Å². The second-order valence-corrected chi connectivity index (χ2v) is 8.96. The summed E-state index contributed by atoms with van der Waals surface area (Å²) in [6.45, 7) is 2.34. The Morgan fingerprint density at radius 3 is 2.44 bits per heavy atom. The molecule has 0 aliphatic carbocycles. The molecule has 5 rings (SSSR count). The van der Waals surface area contributed by atoms with Gasteiger partial charge in [-0.05, 0) is 42.0 Å². The first kappa shape index (κ1) is 22.1. The second kappa shape index (κ2) is 9.26. The number of amides is 1. The lowest BCUT2D eigenvalue weighted by Gasteiger charge is -2.36. The van der Waals surface area contributed by atoms with E-state index in [9.17, 15) is 14.0 Å². The van der Waals surface area contributed by atoms with Crippen LogP contribution in [-0.4, -0.2) is 53.6 Å². The number of piperazine rings is 1. The van der Waals surface area contributed by atoms with E-state index in [0.717, 1.165) is 22.6 Å². The average Bonchev–Trinajstić information content (AvgIpc) is 3.31. The first-order chi connectivity index (χ1) is 16.5. The highest BCUT2D eigenvalue weighted by Crippen LogP contribution is 2.31. The van der Waals surface area contributed by atoms with Crippen molar-refractivity contribution in [2.45, 2.75) is 6.54 Å². The highest BCUT2D eigenvalue weighted by Gasteiger charge is 2.22. The molecule has 2 aromatic heterocycles. The van der Waals surface area contributed by atoms with Crippen molar-refractivity contribution in [2.24, 2.45) is 0 Å². The molecule has 2 aromatic carbocycles. The summed E-state index contributed by atoms with van der Waals surface area (Å²) in [4.78, 5) is 34.3. The molecular weight excluding hydrogens is 455 g/mol. The number of methoxy groups -OCH3 is 1. The molecule has 7 nitrogen and oxygen atoms in total. The summed E-state index contributed by atoms with van der Waals surface area (Å²) in [7, 11) is 1.62. The summed E-state index contributed by atoms with van der Waals surface area (Å²) in [5.74, 6) is 0.375. The first-order valence-electron chi connectivity index (χ1n) is 10.9. The predicted octanol–water partition coefficient (Wildman–Crippen LogP) is 3.62. The van der Waals surface area contributed by atoms with Crippen LogP contribution in [0.2, 0.25) is 0 Å². The molecule has 0 atom stereocenters. The van der Waals surface area contributed by atoms with E-state index < -0.39 is 0 Å². The average molecular weight is 479 g/mol. The van der Waals surface area contributed by atoms with Gasteiger partial charge in [-0.25, -0.2) is 9.37 Å². The third kappa shape index (κ3) is 4.26. The van der Waals surface area contributed by atoms with Crippen molar-refractivity contribution in [3.05, 3.63) is 76.4 Å². The number of anilines is 1. The maximum atomic E-state index is 13.2. The first-order valence-corrected chi connectivity index (χ1v) is 11.8. The number of halogens is 1. The molecule has 1 aliphatic rings. The Morgan fingerprint density at radius 1 is 1.06 bits per heavy atom. The van der Waals surface area contributed by atoms with Gasteiger partial charge in [0.15, 0.2) is 0 Å². The molecule has 1 saturated heterocycles. The fourth-order valence-electron chi connectivity index (χ4n) is 4.14. The van der Waals surface area contributed by atoms with Crippen molar-refractivity contribution in [1.82, 2.24) is 14.5 Å². The molecule has 4 aromatic rings. The zero-order valence-corrected chi connectivity index (χ0v) is 19.4. The van der Waals surface area contributed by atoms with Crippen LogP contribution in [0.15, 0.2) is 65.0 Å². The fraction of sp³-hybridized carbons (Fsp3) is 0.240. The second-order valence-electron chi connectivity index (χ2n) is 8.08. The smallest absolute Gasteiger partial charge is 0.271 e. The maximum Gasteiger partial charge on any atom is 0.271 e. The number of rotatable bonds is 5. The van der Waals surface area contributed by atoms with Crippen molar-refractivity contribution >= 4 is 33.1 Å². The standard InChI is InChI=1S/C25H23FN4O3S/c1-33-20-8-2-17(3-9-20)21-15-34-24-23(21)27-16-30(25(24)32)14-22(31)29-12-10-28(11-13-29)19-6-4-18(26)5-7-19/h2-9,15-16H,10-14H2,1H3. The van der Waals surface area contributed by atoms with E-state index in [1.165, 1.54) is 34.4 Å². The maximum absolute atomic E-state index is 13.2. The van der Waals surface area contributed by atoms with Gasteiger partial charge in [0.1, 0.15) is 22.8 Å². The summed E-state index contributed by atoms with van der Waals surface area (Å²) in [5, 5.41) is 1.92. The molecule has 3 heterocycles. The molecule has 34 heavy (non-hydrogen) atoms. The number of benzene rings is 2. The molecule has 0 unspecified atom stereocenters. The van der Waals surface area contributed by atoms with Crippen LogP contribution in [0.25, 0.3) is 21.3 Å². The van der Waals surface area contributed by atoms with E-state index in [1.54, 1.807) is 24.1 Å². The lowest BCUT2D eigenvalue weighted by Crippen LogP contribution is -2.50. The highest BCUT2D eigenvalue weighted by molar-refractivity contribution is 7.17. The molecule has 0 spiro atoms. The molecule has 174 valence electrons. The van der Waals surface area contributed by atoms with Crippen LogP contribution in [0.1, 0.15) is 0 Å². The molecular formula is C25H23FN4O3S. The van der Waals surface area contributed by atoms with Crippen LogP contribution < -0.4 is 15.2 Å². The highest BCUT2D eigenvalue weighted by atomic mass is 32.1. The van der Waals surface area contributed by atoms with Gasteiger partial charge >= 0.3 is 0 Å². The van der Waals surface area contributed by atoms with Crippen LogP contribution in [-0.2, 0) is 11.3 Å². The van der Waals surface area contributed by atoms with E-state index in [1.807, 2.05) is 29.6 Å². The third-order valence-corrected chi connectivity index (χ3v) is 7.03. The molecule has 0 N–H and O–H groups in total. The number of ether oxygens (including phenoxy) is 1. The number of thiophene rings is 1. The van der Waals surface area contributed by atoms with Gasteiger partial charge in [-0.1, -0.05) is 12.1 Å². The number of carbonyl (C=O) groups excluding carboxylic acids is 1. The fourth-order valence-corrected chi connectivity index (χ4v) is 5.12. The van der Waals surface area contributed by atoms with E-state index in [4.69, 9.17) is 4.74 Å².